The van der Waals surface area contributed by atoms with Gasteiger partial charge >= 0.3 is 5.69 Å². The van der Waals surface area contributed by atoms with E-state index in [0.717, 1.165) is 11.0 Å². The molecular weight excluding hydrogens is 370 g/mol. The minimum Gasteiger partial charge on any atom is -0.397 e. The van der Waals surface area contributed by atoms with Gasteiger partial charge in [-0.2, -0.15) is 0 Å². The van der Waals surface area contributed by atoms with E-state index in [1.54, 1.807) is 41.0 Å². The molecule has 0 unspecified atom stereocenters. The van der Waals surface area contributed by atoms with Gasteiger partial charge in [0.25, 0.3) is 5.91 Å². The molecule has 0 bridgehead atoms. The first-order chi connectivity index (χ1) is 14.1. The molecule has 0 aliphatic heterocycles. The molecule has 146 valence electrons. The van der Waals surface area contributed by atoms with E-state index in [-0.39, 0.29) is 18.1 Å². The lowest BCUT2D eigenvalue weighted by atomic mass is 10.1. The Morgan fingerprint density at radius 1 is 1.03 bits per heavy atom. The third-order valence-corrected chi connectivity index (χ3v) is 4.71. The van der Waals surface area contributed by atoms with E-state index in [0.29, 0.717) is 28.2 Å². The number of nitrogen functional groups attached to an aromatic ring is 1. The Morgan fingerprint density at radius 3 is 2.59 bits per heavy atom. The first-order valence-electron chi connectivity index (χ1n) is 8.93. The van der Waals surface area contributed by atoms with Crippen LogP contribution in [-0.2, 0) is 6.54 Å². The van der Waals surface area contributed by atoms with Crippen LogP contribution in [0.2, 0.25) is 0 Å². The predicted octanol–water partition coefficient (Wildman–Crippen LogP) is 3.01. The number of benzene rings is 3. The molecule has 8 heteroatoms. The van der Waals surface area contributed by atoms with Crippen molar-refractivity contribution in [2.75, 3.05) is 16.5 Å². The molecule has 29 heavy (non-hydrogen) atoms. The largest absolute Gasteiger partial charge is 0.397 e. The molecule has 0 aliphatic rings. The number of aromatic nitrogens is 2. The van der Waals surface area contributed by atoms with Crippen LogP contribution >= 0.6 is 0 Å². The van der Waals surface area contributed by atoms with Crippen LogP contribution in [0.3, 0.4) is 0 Å². The number of hydrogen-bond donors (Lipinski definition) is 5. The van der Waals surface area contributed by atoms with E-state index in [1.165, 1.54) is 6.07 Å². The second-order valence-electron chi connectivity index (χ2n) is 6.56. The summed E-state index contributed by atoms with van der Waals surface area (Å²) in [5.74, 6) is -0.366. The van der Waals surface area contributed by atoms with Crippen LogP contribution in [0.15, 0.2) is 71.5 Å². The second-order valence-corrected chi connectivity index (χ2v) is 6.56. The zero-order valence-electron chi connectivity index (χ0n) is 15.3. The van der Waals surface area contributed by atoms with Gasteiger partial charge in [-0.15, -0.1) is 0 Å². The number of amides is 1. The van der Waals surface area contributed by atoms with Crippen molar-refractivity contribution in [2.45, 2.75) is 6.54 Å². The van der Waals surface area contributed by atoms with E-state index >= 15 is 0 Å². The highest BCUT2D eigenvalue weighted by Gasteiger charge is 2.13. The molecule has 0 atom stereocenters. The van der Waals surface area contributed by atoms with Gasteiger partial charge in [-0.1, -0.05) is 30.3 Å². The average molecular weight is 389 g/mol. The minimum atomic E-state index is -0.366. The molecule has 0 saturated heterocycles. The number of nitrogens with one attached hydrogen (secondary N) is 3. The normalized spacial score (nSPS) is 10.8. The lowest BCUT2D eigenvalue weighted by Crippen LogP contribution is -2.18. The second kappa shape index (κ2) is 7.53. The predicted molar refractivity (Wildman–Crippen MR) is 112 cm³/mol. The van der Waals surface area contributed by atoms with E-state index < -0.39 is 0 Å². The number of imidazole rings is 1. The highest BCUT2D eigenvalue weighted by atomic mass is 16.5. The summed E-state index contributed by atoms with van der Waals surface area (Å²) in [6.45, 7) is 0.222. The Kier molecular flexibility index (Phi) is 4.76. The van der Waals surface area contributed by atoms with Gasteiger partial charge in [0, 0.05) is 5.56 Å². The van der Waals surface area contributed by atoms with Gasteiger partial charge in [0.1, 0.15) is 0 Å². The molecule has 1 aromatic heterocycles. The average Bonchev–Trinajstić information content (AvgIpc) is 3.05. The first-order valence-corrected chi connectivity index (χ1v) is 8.93. The first kappa shape index (κ1) is 18.3. The van der Waals surface area contributed by atoms with Crippen LogP contribution in [0, 0.1) is 0 Å². The third kappa shape index (κ3) is 3.56. The fourth-order valence-corrected chi connectivity index (χ4v) is 3.20. The zero-order chi connectivity index (χ0) is 20.4. The molecule has 4 aromatic rings. The molecule has 0 spiro atoms. The lowest BCUT2D eigenvalue weighted by Gasteiger charge is -2.12. The molecule has 0 saturated carbocycles. The van der Waals surface area contributed by atoms with Gasteiger partial charge in [-0.25, -0.2) is 4.79 Å². The van der Waals surface area contributed by atoms with Crippen molar-refractivity contribution in [3.8, 4) is 0 Å². The van der Waals surface area contributed by atoms with Gasteiger partial charge in [0.15, 0.2) is 0 Å². The van der Waals surface area contributed by atoms with E-state index in [4.69, 9.17) is 5.73 Å². The molecule has 0 aliphatic carbocycles. The van der Waals surface area contributed by atoms with Gasteiger partial charge in [0.05, 0.1) is 34.6 Å². The maximum Gasteiger partial charge on any atom is 0.326 e. The number of nitrogens with two attached hydrogens (primary N) is 1. The molecule has 1 heterocycles. The number of nitrogens with zero attached hydrogens (tertiary/aromatic N) is 1. The number of fused-ring (bicyclic) bond motifs is 1. The lowest BCUT2D eigenvalue weighted by molar-refractivity contribution is 0.102. The minimum absolute atomic E-state index is 0.222. The van der Waals surface area contributed by atoms with Crippen molar-refractivity contribution >= 4 is 34.0 Å². The summed E-state index contributed by atoms with van der Waals surface area (Å²) >= 11 is 0. The SMILES string of the molecule is Nc1ccccc1NC(=O)c1ccc(Cn2c(=O)[nH]c3ccccc32)c(NO)c1. The summed E-state index contributed by atoms with van der Waals surface area (Å²) in [5, 5.41) is 12.3. The van der Waals surface area contributed by atoms with Crippen molar-refractivity contribution in [1.29, 1.82) is 0 Å². The molecule has 1 amide bonds. The Labute approximate surface area is 165 Å². The highest BCUT2D eigenvalue weighted by molar-refractivity contribution is 6.06. The topological polar surface area (TPSA) is 125 Å². The summed E-state index contributed by atoms with van der Waals surface area (Å²) < 4.78 is 1.57. The maximum atomic E-state index is 12.6. The number of para-hydroxylation sites is 4. The molecule has 3 aromatic carbocycles. The van der Waals surface area contributed by atoms with Crippen LogP contribution in [0.4, 0.5) is 17.1 Å². The maximum absolute atomic E-state index is 12.6. The zero-order valence-corrected chi connectivity index (χ0v) is 15.3. The molecule has 0 radical (unpaired) electrons. The van der Waals surface area contributed by atoms with Crippen LogP contribution in [0.25, 0.3) is 11.0 Å². The number of carbonyl (C=O) groups excluding carboxylic acids is 1. The smallest absolute Gasteiger partial charge is 0.326 e. The van der Waals surface area contributed by atoms with Gasteiger partial charge < -0.3 is 16.0 Å². The van der Waals surface area contributed by atoms with Crippen LogP contribution in [0.5, 0.6) is 0 Å². The molecule has 0 fully saturated rings. The van der Waals surface area contributed by atoms with Crippen molar-refractivity contribution in [2.24, 2.45) is 0 Å². The quantitative estimate of drug-likeness (QED) is 0.265. The van der Waals surface area contributed by atoms with E-state index in [1.807, 2.05) is 24.3 Å². The number of anilines is 3. The number of carbonyl (C=O) groups is 1. The van der Waals surface area contributed by atoms with Crippen molar-refractivity contribution < 1.29 is 10.0 Å². The summed E-state index contributed by atoms with van der Waals surface area (Å²) in [7, 11) is 0. The van der Waals surface area contributed by atoms with Crippen molar-refractivity contribution in [1.82, 2.24) is 9.55 Å². The summed E-state index contributed by atoms with van der Waals surface area (Å²) in [5.41, 5.74) is 11.5. The summed E-state index contributed by atoms with van der Waals surface area (Å²) in [6.07, 6.45) is 0. The van der Waals surface area contributed by atoms with E-state index in [9.17, 15) is 14.8 Å². The fourth-order valence-electron chi connectivity index (χ4n) is 3.20. The summed E-state index contributed by atoms with van der Waals surface area (Å²) in [4.78, 5) is 27.7. The number of hydrogen-bond acceptors (Lipinski definition) is 5. The Balaban J connectivity index is 1.63. The Morgan fingerprint density at radius 2 is 1.79 bits per heavy atom. The standard InChI is InChI=1S/C21H19N5O3/c22-15-5-1-2-6-16(15)23-20(27)13-9-10-14(18(11-13)25-29)12-26-19-8-4-3-7-17(19)24-21(26)28/h1-11,25,29H,12,22H2,(H,23,27)(H,24,28). The van der Waals surface area contributed by atoms with Gasteiger partial charge in [0.2, 0.25) is 0 Å². The van der Waals surface area contributed by atoms with Crippen LogP contribution in [-0.4, -0.2) is 20.7 Å². The van der Waals surface area contributed by atoms with Gasteiger partial charge in [-0.3, -0.25) is 20.0 Å². The Bertz CT molecular complexity index is 1260. The van der Waals surface area contributed by atoms with Crippen LogP contribution in [0.1, 0.15) is 15.9 Å². The number of aromatic amines is 1. The molecule has 4 rings (SSSR count). The van der Waals surface area contributed by atoms with Crippen LogP contribution < -0.4 is 22.2 Å². The molecule has 6 N–H and O–H groups in total. The van der Waals surface area contributed by atoms with E-state index in [2.05, 4.69) is 15.8 Å². The van der Waals surface area contributed by atoms with Gasteiger partial charge in [-0.05, 0) is 42.0 Å². The van der Waals surface area contributed by atoms with Crippen molar-refractivity contribution in [3.05, 3.63) is 88.3 Å². The fraction of sp³-hybridized carbons (Fsp3) is 0.0476. The third-order valence-electron chi connectivity index (χ3n) is 4.71. The monoisotopic (exact) mass is 389 g/mol. The highest BCUT2D eigenvalue weighted by Crippen LogP contribution is 2.22. The summed E-state index contributed by atoms with van der Waals surface area (Å²) in [6, 6.07) is 19.1. The number of rotatable bonds is 5. The molecule has 8 nitrogen and oxygen atoms in total. The molecular formula is C21H19N5O3. The van der Waals surface area contributed by atoms with Crippen molar-refractivity contribution in [3.63, 3.8) is 0 Å². The Hall–Kier alpha value is -4.04. The number of H-pyrrole nitrogens is 1.